The summed E-state index contributed by atoms with van der Waals surface area (Å²) in [6.45, 7) is 5.12. The van der Waals surface area contributed by atoms with E-state index in [2.05, 4.69) is 9.88 Å². The molecule has 4 atom stereocenters. The second-order valence-corrected chi connectivity index (χ2v) is 11.5. The van der Waals surface area contributed by atoms with Crippen LogP contribution < -0.4 is 5.73 Å². The van der Waals surface area contributed by atoms with Crippen LogP contribution in [0.1, 0.15) is 49.1 Å². The van der Waals surface area contributed by atoms with E-state index in [-0.39, 0.29) is 28.3 Å². The van der Waals surface area contributed by atoms with Crippen LogP contribution in [0.2, 0.25) is 0 Å². The lowest BCUT2D eigenvalue weighted by Crippen LogP contribution is -2.40. The number of aliphatic imine (C=N–C) groups is 1. The maximum atomic E-state index is 15.2. The summed E-state index contributed by atoms with van der Waals surface area (Å²) in [5, 5.41) is 8.74. The Balaban J connectivity index is 1.59. The number of nitriles is 1. The Hall–Kier alpha value is -3.29. The molecule has 7 nitrogen and oxygen atoms in total. The van der Waals surface area contributed by atoms with Crippen LogP contribution in [0.4, 0.5) is 8.78 Å². The first-order chi connectivity index (χ1) is 18.0. The van der Waals surface area contributed by atoms with E-state index in [1.165, 1.54) is 48.3 Å². The van der Waals surface area contributed by atoms with Gasteiger partial charge in [-0.3, -0.25) is 14.8 Å². The standard InChI is InChI=1S/C28H32F2N6OS/c1-17-11-25(26(37)36-10-9-20(16-36)35(3)4)38-27(32)34-28(17,2)21-12-18(5-7-22(21)29)13-23(30)24-8-6-19(14-31)15-33-24/h5-8,12-13,15,17,20,25H,9-11,16H2,1-4H3,(H2,32,34)/b23-13-/t17-,20+,25+,28-/m0/s1. The quantitative estimate of drug-likeness (QED) is 0.606. The van der Waals surface area contributed by atoms with E-state index >= 15 is 4.39 Å². The van der Waals surface area contributed by atoms with Crippen LogP contribution in [-0.4, -0.2) is 64.3 Å². The molecule has 2 aromatic rings. The van der Waals surface area contributed by atoms with Crippen LogP contribution >= 0.6 is 11.8 Å². The van der Waals surface area contributed by atoms with Crippen molar-refractivity contribution in [2.24, 2.45) is 16.6 Å². The number of nitrogens with zero attached hydrogens (tertiary/aromatic N) is 5. The first kappa shape index (κ1) is 27.7. The second kappa shape index (κ2) is 11.2. The molecule has 1 aromatic carbocycles. The van der Waals surface area contributed by atoms with Crippen molar-refractivity contribution < 1.29 is 13.6 Å². The minimum Gasteiger partial charge on any atom is -0.378 e. The highest BCUT2D eigenvalue weighted by Gasteiger charge is 2.42. The number of thioether (sulfide) groups is 1. The SMILES string of the molecule is C[C@H]1C[C@H](C(=O)N2CC[C@@H](N(C)C)C2)SC(N)=N[C@]1(C)c1cc(/C=C(\F)c2ccc(C#N)cn2)ccc1F. The Morgan fingerprint density at radius 2 is 2.11 bits per heavy atom. The monoisotopic (exact) mass is 538 g/mol. The first-order valence-corrected chi connectivity index (χ1v) is 13.4. The lowest BCUT2D eigenvalue weighted by Gasteiger charge is -2.33. The van der Waals surface area contributed by atoms with Crippen molar-refractivity contribution in [3.8, 4) is 6.07 Å². The van der Waals surface area contributed by atoms with Crippen LogP contribution in [0, 0.1) is 23.1 Å². The highest BCUT2D eigenvalue weighted by atomic mass is 32.2. The van der Waals surface area contributed by atoms with Gasteiger partial charge in [-0.25, -0.2) is 8.78 Å². The van der Waals surface area contributed by atoms with Crippen molar-refractivity contribution in [2.45, 2.75) is 43.5 Å². The number of rotatable bonds is 5. The molecule has 1 aromatic heterocycles. The van der Waals surface area contributed by atoms with Crippen LogP contribution in [-0.2, 0) is 10.3 Å². The summed E-state index contributed by atoms with van der Waals surface area (Å²) in [6, 6.07) is 9.52. The molecule has 0 bridgehead atoms. The molecule has 200 valence electrons. The predicted molar refractivity (Wildman–Crippen MR) is 147 cm³/mol. The minimum absolute atomic E-state index is 0.0303. The van der Waals surface area contributed by atoms with Gasteiger partial charge in [0.15, 0.2) is 5.17 Å². The van der Waals surface area contributed by atoms with Crippen molar-refractivity contribution in [1.82, 2.24) is 14.8 Å². The number of amides is 1. The fourth-order valence-corrected chi connectivity index (χ4v) is 6.16. The Morgan fingerprint density at radius 1 is 1.34 bits per heavy atom. The summed E-state index contributed by atoms with van der Waals surface area (Å²) in [4.78, 5) is 26.1. The van der Waals surface area contributed by atoms with E-state index in [1.807, 2.05) is 32.0 Å². The number of nitrogens with two attached hydrogens (primary N) is 1. The normalized spacial score (nSPS) is 26.2. The van der Waals surface area contributed by atoms with Crippen molar-refractivity contribution in [3.05, 3.63) is 64.7 Å². The molecule has 2 N–H and O–H groups in total. The topological polar surface area (TPSA) is 98.6 Å². The molecule has 4 rings (SSSR count). The number of carbonyl (C=O) groups excluding carboxylic acids is 1. The van der Waals surface area contributed by atoms with Gasteiger partial charge in [-0.15, -0.1) is 0 Å². The molecule has 2 aliphatic rings. The lowest BCUT2D eigenvalue weighted by atomic mass is 9.78. The molecule has 10 heteroatoms. The molecule has 0 saturated carbocycles. The summed E-state index contributed by atoms with van der Waals surface area (Å²) in [5.41, 5.74) is 6.35. The van der Waals surface area contributed by atoms with Gasteiger partial charge in [-0.2, -0.15) is 5.26 Å². The molecule has 38 heavy (non-hydrogen) atoms. The van der Waals surface area contributed by atoms with Gasteiger partial charge in [-0.05, 0) is 75.7 Å². The van der Waals surface area contributed by atoms with Crippen LogP contribution in [0.5, 0.6) is 0 Å². The smallest absolute Gasteiger partial charge is 0.236 e. The third-order valence-corrected chi connectivity index (χ3v) is 8.59. The van der Waals surface area contributed by atoms with Crippen LogP contribution in [0.25, 0.3) is 11.9 Å². The number of hydrogen-bond acceptors (Lipinski definition) is 7. The molecule has 0 spiro atoms. The molecule has 0 aliphatic carbocycles. The number of halogens is 2. The van der Waals surface area contributed by atoms with E-state index in [1.54, 1.807) is 13.0 Å². The zero-order valence-corrected chi connectivity index (χ0v) is 22.8. The van der Waals surface area contributed by atoms with E-state index in [4.69, 9.17) is 16.0 Å². The van der Waals surface area contributed by atoms with Crippen molar-refractivity contribution in [2.75, 3.05) is 27.2 Å². The molecule has 3 heterocycles. The number of amidine groups is 1. The number of aromatic nitrogens is 1. The first-order valence-electron chi connectivity index (χ1n) is 12.5. The van der Waals surface area contributed by atoms with Gasteiger partial charge in [0.1, 0.15) is 17.7 Å². The average molecular weight is 539 g/mol. The maximum absolute atomic E-state index is 15.2. The minimum atomic E-state index is -1.06. The Morgan fingerprint density at radius 3 is 2.74 bits per heavy atom. The Bertz CT molecular complexity index is 1310. The van der Waals surface area contributed by atoms with Crippen molar-refractivity contribution >= 4 is 34.7 Å². The zero-order valence-electron chi connectivity index (χ0n) is 22.0. The second-order valence-electron chi connectivity index (χ2n) is 10.3. The number of likely N-dealkylation sites (tertiary alicyclic amines) is 1. The summed E-state index contributed by atoms with van der Waals surface area (Å²) in [5.74, 6) is -1.29. The highest BCUT2D eigenvalue weighted by molar-refractivity contribution is 8.14. The van der Waals surface area contributed by atoms with Gasteiger partial charge >= 0.3 is 0 Å². The average Bonchev–Trinajstić information content (AvgIpc) is 3.35. The third-order valence-electron chi connectivity index (χ3n) is 7.58. The van der Waals surface area contributed by atoms with Gasteiger partial charge in [0, 0.05) is 30.9 Å². The van der Waals surface area contributed by atoms with Gasteiger partial charge in [0.05, 0.1) is 22.0 Å². The number of hydrogen-bond donors (Lipinski definition) is 1. The summed E-state index contributed by atoms with van der Waals surface area (Å²) in [7, 11) is 4.03. The van der Waals surface area contributed by atoms with E-state index in [0.29, 0.717) is 36.7 Å². The fourth-order valence-electron chi connectivity index (χ4n) is 5.00. The van der Waals surface area contributed by atoms with E-state index in [0.717, 1.165) is 6.42 Å². The number of pyridine rings is 1. The molecule has 0 radical (unpaired) electrons. The van der Waals surface area contributed by atoms with Crippen LogP contribution in [0.3, 0.4) is 0 Å². The van der Waals surface area contributed by atoms with Crippen molar-refractivity contribution in [1.29, 1.82) is 5.26 Å². The van der Waals surface area contributed by atoms with E-state index < -0.39 is 22.4 Å². The Labute approximate surface area is 226 Å². The zero-order chi connectivity index (χ0) is 27.6. The third kappa shape index (κ3) is 5.74. The number of likely N-dealkylation sites (N-methyl/N-ethyl adjacent to an activating group) is 1. The fraction of sp³-hybridized carbons (Fsp3) is 0.429. The maximum Gasteiger partial charge on any atom is 0.236 e. The van der Waals surface area contributed by atoms with Gasteiger partial charge in [0.25, 0.3) is 0 Å². The summed E-state index contributed by atoms with van der Waals surface area (Å²) < 4.78 is 30.2. The van der Waals surface area contributed by atoms with Crippen LogP contribution in [0.15, 0.2) is 41.5 Å². The van der Waals surface area contributed by atoms with E-state index in [9.17, 15) is 9.18 Å². The summed E-state index contributed by atoms with van der Waals surface area (Å²) >= 11 is 1.23. The lowest BCUT2D eigenvalue weighted by molar-refractivity contribution is -0.130. The van der Waals surface area contributed by atoms with Crippen molar-refractivity contribution in [3.63, 3.8) is 0 Å². The molecule has 2 aliphatic heterocycles. The Kier molecular flexibility index (Phi) is 8.19. The van der Waals surface area contributed by atoms with Gasteiger partial charge in [-0.1, -0.05) is 24.8 Å². The largest absolute Gasteiger partial charge is 0.378 e. The molecular formula is C28H32F2N6OS. The van der Waals surface area contributed by atoms with Gasteiger partial charge < -0.3 is 15.5 Å². The molecule has 1 saturated heterocycles. The molecule has 1 amide bonds. The van der Waals surface area contributed by atoms with Gasteiger partial charge in [0.2, 0.25) is 5.91 Å². The number of carbonyl (C=O) groups is 1. The molecule has 0 unspecified atom stereocenters. The summed E-state index contributed by atoms with van der Waals surface area (Å²) in [6.07, 6.45) is 3.96. The highest BCUT2D eigenvalue weighted by Crippen LogP contribution is 2.43. The predicted octanol–water partition coefficient (Wildman–Crippen LogP) is 4.39. The molecular weight excluding hydrogens is 506 g/mol. The number of benzene rings is 1. The molecule has 1 fully saturated rings.